The molecule has 0 N–H and O–H groups in total. The summed E-state index contributed by atoms with van der Waals surface area (Å²) >= 11 is 12.0. The van der Waals surface area contributed by atoms with Crippen molar-refractivity contribution in [2.24, 2.45) is 0 Å². The molecule has 1 aliphatic heterocycles. The Labute approximate surface area is 94.0 Å². The van der Waals surface area contributed by atoms with Gasteiger partial charge in [-0.25, -0.2) is 0 Å². The molecule has 3 heteroatoms. The van der Waals surface area contributed by atoms with E-state index in [4.69, 9.17) is 27.9 Å². The summed E-state index contributed by atoms with van der Waals surface area (Å²) in [5.41, 5.74) is 1.72. The van der Waals surface area contributed by atoms with Crippen LogP contribution in [0.4, 0.5) is 0 Å². The molecule has 0 bridgehead atoms. The van der Waals surface area contributed by atoms with Gasteiger partial charge in [0.2, 0.25) is 0 Å². The lowest BCUT2D eigenvalue weighted by Gasteiger charge is -2.19. The van der Waals surface area contributed by atoms with Gasteiger partial charge < -0.3 is 4.74 Å². The third-order valence-corrected chi connectivity index (χ3v) is 3.65. The lowest BCUT2D eigenvalue weighted by atomic mass is 9.86. The fraction of sp³-hybridized carbons (Fsp3) is 0.455. The maximum absolute atomic E-state index is 6.13. The summed E-state index contributed by atoms with van der Waals surface area (Å²) in [6, 6.07) is 6.02. The normalized spacial score (nSPS) is 23.0. The van der Waals surface area contributed by atoms with Crippen LogP contribution in [0.25, 0.3) is 0 Å². The van der Waals surface area contributed by atoms with Gasteiger partial charge in [0.25, 0.3) is 0 Å². The summed E-state index contributed by atoms with van der Waals surface area (Å²) < 4.78 is 5.63. The van der Waals surface area contributed by atoms with Gasteiger partial charge in [0.15, 0.2) is 5.56 Å². The summed E-state index contributed by atoms with van der Waals surface area (Å²) in [7, 11) is 0. The largest absolute Gasteiger partial charge is 0.473 e. The molecule has 0 aromatic heterocycles. The Kier molecular flexibility index (Phi) is 2.40. The number of alkyl halides is 2. The van der Waals surface area contributed by atoms with Crippen molar-refractivity contribution in [2.75, 3.05) is 0 Å². The number of rotatable bonds is 1. The molecule has 1 aromatic carbocycles. The van der Waals surface area contributed by atoms with E-state index in [1.54, 1.807) is 0 Å². The standard InChI is InChI=1S/C11H12Cl2O/c1-11(2)8-5-3-4-7(6-12)9(8)14-10(11)13/h3-5,10H,6H2,1-2H3. The molecule has 1 aliphatic rings. The van der Waals surface area contributed by atoms with Crippen LogP contribution in [-0.2, 0) is 11.3 Å². The second-order valence-electron chi connectivity index (χ2n) is 4.08. The molecule has 0 saturated heterocycles. The zero-order chi connectivity index (χ0) is 10.3. The molecule has 76 valence electrons. The highest BCUT2D eigenvalue weighted by Gasteiger charge is 2.41. The number of halogens is 2. The highest BCUT2D eigenvalue weighted by molar-refractivity contribution is 6.21. The zero-order valence-electron chi connectivity index (χ0n) is 8.18. The molecule has 0 aliphatic carbocycles. The Morgan fingerprint density at radius 3 is 2.79 bits per heavy atom. The van der Waals surface area contributed by atoms with Gasteiger partial charge in [-0.3, -0.25) is 0 Å². The molecule has 0 radical (unpaired) electrons. The van der Waals surface area contributed by atoms with E-state index >= 15 is 0 Å². The Hall–Kier alpha value is -0.400. The van der Waals surface area contributed by atoms with Crippen molar-refractivity contribution >= 4 is 23.2 Å². The highest BCUT2D eigenvalue weighted by atomic mass is 35.5. The van der Waals surface area contributed by atoms with Crippen LogP contribution in [0, 0.1) is 0 Å². The first kappa shape index (κ1) is 10.1. The molecular weight excluding hydrogens is 219 g/mol. The van der Waals surface area contributed by atoms with Gasteiger partial charge in [-0.1, -0.05) is 43.6 Å². The van der Waals surface area contributed by atoms with Crippen LogP contribution >= 0.6 is 23.2 Å². The van der Waals surface area contributed by atoms with Crippen LogP contribution in [-0.4, -0.2) is 5.56 Å². The molecule has 2 rings (SSSR count). The third kappa shape index (κ3) is 1.31. The SMILES string of the molecule is CC1(C)c2cccc(CCl)c2OC1Cl. The molecule has 0 spiro atoms. The summed E-state index contributed by atoms with van der Waals surface area (Å²) in [4.78, 5) is 0. The van der Waals surface area contributed by atoms with E-state index in [0.717, 1.165) is 16.9 Å². The monoisotopic (exact) mass is 230 g/mol. The van der Waals surface area contributed by atoms with E-state index < -0.39 is 0 Å². The maximum Gasteiger partial charge on any atom is 0.181 e. The molecule has 0 saturated carbocycles. The topological polar surface area (TPSA) is 9.23 Å². The fourth-order valence-electron chi connectivity index (χ4n) is 1.71. The van der Waals surface area contributed by atoms with Crippen LogP contribution in [0.15, 0.2) is 18.2 Å². The first-order chi connectivity index (χ1) is 6.57. The van der Waals surface area contributed by atoms with E-state index in [1.807, 2.05) is 18.2 Å². The van der Waals surface area contributed by atoms with Gasteiger partial charge in [-0.05, 0) is 0 Å². The second-order valence-corrected chi connectivity index (χ2v) is 4.75. The summed E-state index contributed by atoms with van der Waals surface area (Å²) in [5, 5.41) is 0. The lowest BCUT2D eigenvalue weighted by Crippen LogP contribution is -2.26. The lowest BCUT2D eigenvalue weighted by molar-refractivity contribution is 0.246. The fourth-order valence-corrected chi connectivity index (χ4v) is 2.13. The van der Waals surface area contributed by atoms with E-state index in [9.17, 15) is 0 Å². The number of fused-ring (bicyclic) bond motifs is 1. The minimum absolute atomic E-state index is 0.140. The Morgan fingerprint density at radius 2 is 2.14 bits per heavy atom. The van der Waals surface area contributed by atoms with Crippen molar-refractivity contribution in [3.05, 3.63) is 29.3 Å². The number of hydrogen-bond donors (Lipinski definition) is 0. The summed E-state index contributed by atoms with van der Waals surface area (Å²) in [6.45, 7) is 4.16. The van der Waals surface area contributed by atoms with Crippen LogP contribution in [0.5, 0.6) is 5.75 Å². The van der Waals surface area contributed by atoms with Crippen molar-refractivity contribution in [3.63, 3.8) is 0 Å². The van der Waals surface area contributed by atoms with Crippen molar-refractivity contribution in [1.82, 2.24) is 0 Å². The van der Waals surface area contributed by atoms with E-state index in [-0.39, 0.29) is 11.0 Å². The molecule has 1 unspecified atom stereocenters. The maximum atomic E-state index is 6.13. The third-order valence-electron chi connectivity index (χ3n) is 2.72. The van der Waals surface area contributed by atoms with Gasteiger partial charge in [0.1, 0.15) is 5.75 Å². The van der Waals surface area contributed by atoms with E-state index in [2.05, 4.69) is 13.8 Å². The highest BCUT2D eigenvalue weighted by Crippen LogP contribution is 2.46. The molecule has 1 atom stereocenters. The van der Waals surface area contributed by atoms with Gasteiger partial charge >= 0.3 is 0 Å². The van der Waals surface area contributed by atoms with Crippen LogP contribution < -0.4 is 4.74 Å². The Balaban J connectivity index is 2.57. The van der Waals surface area contributed by atoms with Gasteiger partial charge in [-0.2, -0.15) is 0 Å². The average molecular weight is 231 g/mol. The average Bonchev–Trinajstić information content (AvgIpc) is 2.39. The quantitative estimate of drug-likeness (QED) is 0.670. The Morgan fingerprint density at radius 1 is 1.43 bits per heavy atom. The van der Waals surface area contributed by atoms with Crippen LogP contribution in [0.1, 0.15) is 25.0 Å². The summed E-state index contributed by atoms with van der Waals surface area (Å²) in [5.74, 6) is 1.33. The van der Waals surface area contributed by atoms with Crippen LogP contribution in [0.3, 0.4) is 0 Å². The van der Waals surface area contributed by atoms with Gasteiger partial charge in [0.05, 0.1) is 5.88 Å². The number of ether oxygens (including phenoxy) is 1. The number of benzene rings is 1. The molecule has 1 aromatic rings. The van der Waals surface area contributed by atoms with Gasteiger partial charge in [-0.15, -0.1) is 11.6 Å². The van der Waals surface area contributed by atoms with Crippen molar-refractivity contribution in [1.29, 1.82) is 0 Å². The van der Waals surface area contributed by atoms with Crippen molar-refractivity contribution in [2.45, 2.75) is 30.7 Å². The van der Waals surface area contributed by atoms with E-state index in [0.29, 0.717) is 5.88 Å². The summed E-state index contributed by atoms with van der Waals surface area (Å²) in [6.07, 6.45) is 0. The molecular formula is C11H12Cl2O. The molecule has 0 amide bonds. The first-order valence-electron chi connectivity index (χ1n) is 4.56. The number of hydrogen-bond acceptors (Lipinski definition) is 1. The molecule has 0 fully saturated rings. The van der Waals surface area contributed by atoms with Crippen LogP contribution in [0.2, 0.25) is 0 Å². The smallest absolute Gasteiger partial charge is 0.181 e. The molecule has 1 nitrogen and oxygen atoms in total. The molecule has 1 heterocycles. The first-order valence-corrected chi connectivity index (χ1v) is 5.53. The Bertz CT molecular complexity index is 360. The van der Waals surface area contributed by atoms with Crippen molar-refractivity contribution in [3.8, 4) is 5.75 Å². The van der Waals surface area contributed by atoms with Gasteiger partial charge in [0, 0.05) is 16.5 Å². The van der Waals surface area contributed by atoms with E-state index in [1.165, 1.54) is 0 Å². The molecule has 14 heavy (non-hydrogen) atoms. The minimum atomic E-state index is -0.304. The van der Waals surface area contributed by atoms with Crippen molar-refractivity contribution < 1.29 is 4.74 Å². The predicted molar refractivity (Wildman–Crippen MR) is 59.3 cm³/mol. The minimum Gasteiger partial charge on any atom is -0.473 e. The second kappa shape index (κ2) is 3.32. The zero-order valence-corrected chi connectivity index (χ0v) is 9.69. The number of para-hydroxylation sites is 1. The predicted octanol–water partition coefficient (Wildman–Crippen LogP) is 3.66.